The van der Waals surface area contributed by atoms with Gasteiger partial charge in [0.05, 0.1) is 0 Å². The summed E-state index contributed by atoms with van der Waals surface area (Å²) in [4.78, 5) is 0. The minimum absolute atomic E-state index is 0.636. The van der Waals surface area contributed by atoms with Crippen LogP contribution in [0.2, 0.25) is 0 Å². The minimum atomic E-state index is 0.636. The highest BCUT2D eigenvalue weighted by atomic mass is 14.9. The van der Waals surface area contributed by atoms with Crippen LogP contribution in [-0.2, 0) is 0 Å². The van der Waals surface area contributed by atoms with Crippen molar-refractivity contribution in [2.45, 2.75) is 33.2 Å². The lowest BCUT2D eigenvalue weighted by atomic mass is 9.82. The van der Waals surface area contributed by atoms with E-state index in [-0.39, 0.29) is 0 Å². The molecular formula is C14H23N. The van der Waals surface area contributed by atoms with Crippen LogP contribution in [0.1, 0.15) is 27.2 Å². The van der Waals surface area contributed by atoms with E-state index in [0.29, 0.717) is 6.04 Å². The van der Waals surface area contributed by atoms with E-state index in [1.807, 2.05) is 12.2 Å². The number of allylic oxidation sites excluding steroid dienone is 5. The summed E-state index contributed by atoms with van der Waals surface area (Å²) in [5.74, 6) is 1.45. The first kappa shape index (κ1) is 12.3. The third kappa shape index (κ3) is 3.67. The fourth-order valence-corrected chi connectivity index (χ4v) is 2.09. The molecule has 1 aliphatic heterocycles. The Hall–Kier alpha value is -0.820. The SMILES string of the molecule is C=C/C=C(C)\C=C\C1CCNC(C)C1C. The van der Waals surface area contributed by atoms with Crippen molar-refractivity contribution < 1.29 is 0 Å². The van der Waals surface area contributed by atoms with Gasteiger partial charge in [0.25, 0.3) is 0 Å². The molecule has 3 atom stereocenters. The van der Waals surface area contributed by atoms with Crippen LogP contribution in [0.3, 0.4) is 0 Å². The molecule has 0 aromatic heterocycles. The Morgan fingerprint density at radius 3 is 2.80 bits per heavy atom. The average Bonchev–Trinajstić information content (AvgIpc) is 2.21. The third-order valence-corrected chi connectivity index (χ3v) is 3.40. The second kappa shape index (κ2) is 5.92. The molecule has 15 heavy (non-hydrogen) atoms. The summed E-state index contributed by atoms with van der Waals surface area (Å²) >= 11 is 0. The normalized spacial score (nSPS) is 33.3. The Morgan fingerprint density at radius 2 is 2.13 bits per heavy atom. The maximum atomic E-state index is 3.70. The van der Waals surface area contributed by atoms with Crippen LogP contribution in [0.5, 0.6) is 0 Å². The van der Waals surface area contributed by atoms with Gasteiger partial charge in [-0.25, -0.2) is 0 Å². The summed E-state index contributed by atoms with van der Waals surface area (Å²) in [5.41, 5.74) is 1.28. The molecule has 84 valence electrons. The molecule has 0 aromatic rings. The minimum Gasteiger partial charge on any atom is -0.314 e. The van der Waals surface area contributed by atoms with E-state index in [1.54, 1.807) is 0 Å². The Kier molecular flexibility index (Phi) is 4.83. The molecule has 0 radical (unpaired) electrons. The van der Waals surface area contributed by atoms with Crippen molar-refractivity contribution >= 4 is 0 Å². The highest BCUT2D eigenvalue weighted by Crippen LogP contribution is 2.24. The summed E-state index contributed by atoms with van der Waals surface area (Å²) in [6, 6.07) is 0.636. The second-order valence-electron chi connectivity index (χ2n) is 4.56. The highest BCUT2D eigenvalue weighted by Gasteiger charge is 2.24. The summed E-state index contributed by atoms with van der Waals surface area (Å²) in [6.45, 7) is 11.6. The summed E-state index contributed by atoms with van der Waals surface area (Å²) < 4.78 is 0. The Labute approximate surface area is 94.0 Å². The van der Waals surface area contributed by atoms with Gasteiger partial charge in [-0.05, 0) is 38.6 Å². The van der Waals surface area contributed by atoms with Crippen molar-refractivity contribution in [2.75, 3.05) is 6.54 Å². The predicted molar refractivity (Wildman–Crippen MR) is 67.8 cm³/mol. The topological polar surface area (TPSA) is 12.0 Å². The van der Waals surface area contributed by atoms with E-state index in [2.05, 4.69) is 44.8 Å². The number of nitrogens with one attached hydrogen (secondary N) is 1. The van der Waals surface area contributed by atoms with Crippen molar-refractivity contribution in [1.82, 2.24) is 5.32 Å². The van der Waals surface area contributed by atoms with Gasteiger partial charge >= 0.3 is 0 Å². The maximum absolute atomic E-state index is 3.70. The third-order valence-electron chi connectivity index (χ3n) is 3.40. The zero-order valence-electron chi connectivity index (χ0n) is 10.2. The first-order valence-corrected chi connectivity index (χ1v) is 5.86. The molecule has 0 amide bonds. The van der Waals surface area contributed by atoms with Crippen molar-refractivity contribution in [2.24, 2.45) is 11.8 Å². The molecule has 0 bridgehead atoms. The Bertz CT molecular complexity index is 263. The van der Waals surface area contributed by atoms with E-state index < -0.39 is 0 Å². The second-order valence-corrected chi connectivity index (χ2v) is 4.56. The molecule has 1 heteroatoms. The molecule has 1 saturated heterocycles. The summed E-state index contributed by atoms with van der Waals surface area (Å²) in [6.07, 6.45) is 9.72. The molecule has 0 aliphatic carbocycles. The van der Waals surface area contributed by atoms with Crippen LogP contribution in [0.25, 0.3) is 0 Å². The van der Waals surface area contributed by atoms with Gasteiger partial charge in [-0.2, -0.15) is 0 Å². The first-order valence-electron chi connectivity index (χ1n) is 5.86. The van der Waals surface area contributed by atoms with Gasteiger partial charge in [-0.3, -0.25) is 0 Å². The van der Waals surface area contributed by atoms with Gasteiger partial charge in [0.1, 0.15) is 0 Å². The van der Waals surface area contributed by atoms with Gasteiger partial charge in [-0.1, -0.05) is 43.4 Å². The predicted octanol–water partition coefficient (Wildman–Crippen LogP) is 3.31. The van der Waals surface area contributed by atoms with E-state index in [4.69, 9.17) is 0 Å². The molecule has 1 rings (SSSR count). The van der Waals surface area contributed by atoms with Crippen LogP contribution >= 0.6 is 0 Å². The largest absolute Gasteiger partial charge is 0.314 e. The van der Waals surface area contributed by atoms with E-state index in [9.17, 15) is 0 Å². The molecular weight excluding hydrogens is 182 g/mol. The zero-order chi connectivity index (χ0) is 11.3. The summed E-state index contributed by atoms with van der Waals surface area (Å²) in [7, 11) is 0. The Morgan fingerprint density at radius 1 is 1.40 bits per heavy atom. The Balaban J connectivity index is 2.56. The molecule has 3 unspecified atom stereocenters. The van der Waals surface area contributed by atoms with Crippen molar-refractivity contribution in [3.05, 3.63) is 36.5 Å². The molecule has 1 fully saturated rings. The van der Waals surface area contributed by atoms with Crippen molar-refractivity contribution in [1.29, 1.82) is 0 Å². The molecule has 1 N–H and O–H groups in total. The zero-order valence-corrected chi connectivity index (χ0v) is 10.2. The van der Waals surface area contributed by atoms with Crippen LogP contribution in [-0.4, -0.2) is 12.6 Å². The lowest BCUT2D eigenvalue weighted by Crippen LogP contribution is -2.42. The summed E-state index contributed by atoms with van der Waals surface area (Å²) in [5, 5.41) is 3.51. The monoisotopic (exact) mass is 205 g/mol. The fourth-order valence-electron chi connectivity index (χ4n) is 2.09. The average molecular weight is 205 g/mol. The van der Waals surface area contributed by atoms with E-state index in [0.717, 1.165) is 18.4 Å². The van der Waals surface area contributed by atoms with Crippen molar-refractivity contribution in [3.8, 4) is 0 Å². The standard InChI is InChI=1S/C14H23N/c1-5-6-11(2)7-8-14-9-10-15-13(4)12(14)3/h5-8,12-15H,1,9-10H2,2-4H3/b8-7+,11-6-. The molecule has 1 nitrogen and oxygen atoms in total. The smallest absolute Gasteiger partial charge is 0.00699 e. The van der Waals surface area contributed by atoms with Crippen LogP contribution in [0, 0.1) is 11.8 Å². The van der Waals surface area contributed by atoms with E-state index in [1.165, 1.54) is 12.0 Å². The fraction of sp³-hybridized carbons (Fsp3) is 0.571. The first-order chi connectivity index (χ1) is 7.15. The van der Waals surface area contributed by atoms with Gasteiger partial charge in [0.2, 0.25) is 0 Å². The van der Waals surface area contributed by atoms with Gasteiger partial charge in [0, 0.05) is 6.04 Å². The van der Waals surface area contributed by atoms with E-state index >= 15 is 0 Å². The lowest BCUT2D eigenvalue weighted by Gasteiger charge is -2.33. The van der Waals surface area contributed by atoms with Crippen LogP contribution < -0.4 is 5.32 Å². The highest BCUT2D eigenvalue weighted by molar-refractivity contribution is 5.21. The van der Waals surface area contributed by atoms with Gasteiger partial charge in [0.15, 0.2) is 0 Å². The molecule has 0 saturated carbocycles. The van der Waals surface area contributed by atoms with Crippen molar-refractivity contribution in [3.63, 3.8) is 0 Å². The molecule has 0 aromatic carbocycles. The number of piperidine rings is 1. The van der Waals surface area contributed by atoms with Gasteiger partial charge in [-0.15, -0.1) is 0 Å². The molecule has 1 aliphatic rings. The number of rotatable bonds is 3. The number of hydrogen-bond acceptors (Lipinski definition) is 1. The molecule has 1 heterocycles. The van der Waals surface area contributed by atoms with Crippen LogP contribution in [0.15, 0.2) is 36.5 Å². The molecule has 0 spiro atoms. The number of hydrogen-bond donors (Lipinski definition) is 1. The van der Waals surface area contributed by atoms with Crippen LogP contribution in [0.4, 0.5) is 0 Å². The maximum Gasteiger partial charge on any atom is 0.00699 e. The van der Waals surface area contributed by atoms with Gasteiger partial charge < -0.3 is 5.32 Å². The quantitative estimate of drug-likeness (QED) is 0.697. The lowest BCUT2D eigenvalue weighted by molar-refractivity contribution is 0.256.